The molecule has 0 spiro atoms. The quantitative estimate of drug-likeness (QED) is 0.316. The Kier molecular flexibility index (Phi) is 18.1. The number of rotatable bonds is 14. The minimum absolute atomic E-state index is 0.406. The highest BCUT2D eigenvalue weighted by Crippen LogP contribution is 2.60. The normalized spacial score (nSPS) is 12.2. The Labute approximate surface area is 155 Å². The van der Waals surface area contributed by atoms with Crippen molar-refractivity contribution in [3.05, 3.63) is 0 Å². The van der Waals surface area contributed by atoms with E-state index in [1.165, 1.54) is 11.4 Å². The maximum Gasteiger partial charge on any atom is 0.389 e. The minimum Gasteiger partial charge on any atom is -0.396 e. The molecule has 0 aliphatic carbocycles. The van der Waals surface area contributed by atoms with Crippen molar-refractivity contribution >= 4 is 18.2 Å². The molecule has 0 aromatic rings. The largest absolute Gasteiger partial charge is 0.396 e. The molecule has 0 bridgehead atoms. The molecule has 154 valence electrons. The molecule has 0 fully saturated rings. The summed E-state index contributed by atoms with van der Waals surface area (Å²) in [7, 11) is 0. The fraction of sp³-hybridized carbons (Fsp3) is 1.00. The Hall–Kier alpha value is 0.300. The van der Waals surface area contributed by atoms with Crippen LogP contribution in [0.4, 0.5) is 0 Å². The van der Waals surface area contributed by atoms with E-state index < -0.39 is 38.6 Å². The van der Waals surface area contributed by atoms with Gasteiger partial charge in [-0.2, -0.15) is 0 Å². The first-order valence-electron chi connectivity index (χ1n) is 8.55. The lowest BCUT2D eigenvalue weighted by Gasteiger charge is -2.23. The minimum atomic E-state index is -2.91. The summed E-state index contributed by atoms with van der Waals surface area (Å²) in [5.41, 5.74) is -1.11. The average molecular weight is 405 g/mol. The van der Waals surface area contributed by atoms with Gasteiger partial charge in [0, 0.05) is 12.3 Å². The van der Waals surface area contributed by atoms with Crippen molar-refractivity contribution in [1.82, 2.24) is 4.90 Å². The maximum atomic E-state index is 12.1. The highest BCUT2D eigenvalue weighted by atomic mass is 32.7. The number of aliphatic hydroxyl groups is 4. The molecule has 0 amide bonds. The van der Waals surface area contributed by atoms with Gasteiger partial charge in [-0.15, -0.1) is 0 Å². The van der Waals surface area contributed by atoms with Gasteiger partial charge in [0.05, 0.1) is 45.1 Å². The molecule has 10 heteroatoms. The smallest absolute Gasteiger partial charge is 0.389 e. The first kappa shape index (κ1) is 27.5. The Morgan fingerprint density at radius 1 is 0.880 bits per heavy atom. The zero-order valence-corrected chi connectivity index (χ0v) is 17.6. The van der Waals surface area contributed by atoms with Gasteiger partial charge < -0.3 is 34.4 Å². The van der Waals surface area contributed by atoms with E-state index in [0.717, 1.165) is 25.4 Å². The lowest BCUT2D eigenvalue weighted by Crippen LogP contribution is -2.37. The molecule has 0 unspecified atom stereocenters. The lowest BCUT2D eigenvalue weighted by molar-refractivity contribution is -0.0328. The van der Waals surface area contributed by atoms with Crippen LogP contribution in [0.1, 0.15) is 27.7 Å². The molecule has 0 aliphatic rings. The molecular formula is C15H36NO7PS. The molecule has 0 saturated carbocycles. The van der Waals surface area contributed by atoms with Crippen LogP contribution in [0.25, 0.3) is 0 Å². The molecule has 0 rings (SSSR count). The number of hydrogen-bond donors (Lipinski definition) is 4. The molecule has 0 aromatic heterocycles. The molecule has 25 heavy (non-hydrogen) atoms. The molecule has 8 nitrogen and oxygen atoms in total. The lowest BCUT2D eigenvalue weighted by atomic mass is 9.93. The molecule has 0 saturated heterocycles. The third-order valence-corrected chi connectivity index (χ3v) is 7.43. The third kappa shape index (κ3) is 12.3. The molecule has 0 aliphatic heterocycles. The first-order chi connectivity index (χ1) is 11.9. The van der Waals surface area contributed by atoms with Crippen LogP contribution in [-0.2, 0) is 13.6 Å². The van der Waals surface area contributed by atoms with Crippen molar-refractivity contribution in [2.75, 3.05) is 65.0 Å². The number of nitrogens with zero attached hydrogens (tertiary/aromatic N) is 1. The molecule has 0 atom stereocenters. The second-order valence-electron chi connectivity index (χ2n) is 5.28. The van der Waals surface area contributed by atoms with Gasteiger partial charge in [-0.25, -0.2) is 4.57 Å². The average Bonchev–Trinajstić information content (AvgIpc) is 2.62. The van der Waals surface area contributed by atoms with Crippen molar-refractivity contribution < 1.29 is 34.0 Å². The van der Waals surface area contributed by atoms with Gasteiger partial charge in [-0.05, 0) is 38.3 Å². The van der Waals surface area contributed by atoms with Crippen molar-refractivity contribution in [1.29, 1.82) is 0 Å². The van der Waals surface area contributed by atoms with Gasteiger partial charge in [-0.1, -0.05) is 13.8 Å². The van der Waals surface area contributed by atoms with Crippen LogP contribution in [0.2, 0.25) is 0 Å². The van der Waals surface area contributed by atoms with Crippen molar-refractivity contribution in [3.8, 4) is 0 Å². The second kappa shape index (κ2) is 16.5. The zero-order chi connectivity index (χ0) is 19.8. The number of hydrogen-bond acceptors (Lipinski definition) is 9. The molecule has 4 N–H and O–H groups in total. The highest BCUT2D eigenvalue weighted by Gasteiger charge is 2.26. The topological polar surface area (TPSA) is 120 Å². The molecule has 0 radical (unpaired) electrons. The predicted molar refractivity (Wildman–Crippen MR) is 102 cm³/mol. The summed E-state index contributed by atoms with van der Waals surface area (Å²) < 4.78 is 22.5. The summed E-state index contributed by atoms with van der Waals surface area (Å²) in [6.07, 6.45) is 0. The highest BCUT2D eigenvalue weighted by molar-refractivity contribution is 8.55. The fourth-order valence-corrected chi connectivity index (χ4v) is 4.96. The van der Waals surface area contributed by atoms with E-state index in [0.29, 0.717) is 13.2 Å². The monoisotopic (exact) mass is 405 g/mol. The van der Waals surface area contributed by atoms with Crippen molar-refractivity contribution in [2.24, 2.45) is 5.41 Å². The Balaban J connectivity index is 0. The van der Waals surface area contributed by atoms with Crippen LogP contribution >= 0.6 is 18.2 Å². The van der Waals surface area contributed by atoms with Crippen LogP contribution in [0.5, 0.6) is 0 Å². The summed E-state index contributed by atoms with van der Waals surface area (Å²) in [4.78, 5) is 2.29. The summed E-state index contributed by atoms with van der Waals surface area (Å²) in [6, 6.07) is 0. The summed E-state index contributed by atoms with van der Waals surface area (Å²) in [6.45, 7) is 7.18. The SMILES string of the molecule is CCOP(=O)(OCC)SCCN(CC)CC.OCC(CO)(CO)CO. The Morgan fingerprint density at radius 3 is 1.52 bits per heavy atom. The van der Waals surface area contributed by atoms with Crippen LogP contribution in [0, 0.1) is 5.41 Å². The van der Waals surface area contributed by atoms with Crippen molar-refractivity contribution in [3.63, 3.8) is 0 Å². The van der Waals surface area contributed by atoms with E-state index in [1.54, 1.807) is 0 Å². The number of aliphatic hydroxyl groups excluding tert-OH is 4. The fourth-order valence-electron chi connectivity index (χ4n) is 1.55. The van der Waals surface area contributed by atoms with E-state index in [4.69, 9.17) is 29.5 Å². The van der Waals surface area contributed by atoms with E-state index in [2.05, 4.69) is 18.7 Å². The van der Waals surface area contributed by atoms with E-state index in [9.17, 15) is 4.57 Å². The Bertz CT molecular complexity index is 314. The second-order valence-corrected chi connectivity index (χ2v) is 9.47. The molecule has 0 heterocycles. The summed E-state index contributed by atoms with van der Waals surface area (Å²) in [5, 5.41) is 34.0. The van der Waals surface area contributed by atoms with Gasteiger partial charge in [-0.3, -0.25) is 0 Å². The molecule has 0 aromatic carbocycles. The summed E-state index contributed by atoms with van der Waals surface area (Å²) in [5.74, 6) is 0.777. The van der Waals surface area contributed by atoms with Gasteiger partial charge in [0.25, 0.3) is 0 Å². The van der Waals surface area contributed by atoms with E-state index in [-0.39, 0.29) is 0 Å². The van der Waals surface area contributed by atoms with Crippen LogP contribution in [0.15, 0.2) is 0 Å². The predicted octanol–water partition coefficient (Wildman–Crippen LogP) is 1.18. The first-order valence-corrected chi connectivity index (χ1v) is 11.7. The van der Waals surface area contributed by atoms with Crippen LogP contribution in [0.3, 0.4) is 0 Å². The van der Waals surface area contributed by atoms with E-state index in [1.807, 2.05) is 13.8 Å². The van der Waals surface area contributed by atoms with E-state index >= 15 is 0 Å². The summed E-state index contributed by atoms with van der Waals surface area (Å²) >= 11 is 1.30. The van der Waals surface area contributed by atoms with Crippen LogP contribution < -0.4 is 0 Å². The van der Waals surface area contributed by atoms with Gasteiger partial charge in [0.2, 0.25) is 0 Å². The standard InChI is InChI=1S/C10H24NO3PS.C5H12O4/c1-5-11(6-2)9-10-16-15(12,13-7-3)14-8-4;6-1-5(2-7,3-8)4-9/h5-10H2,1-4H3;6-9H,1-4H2. The van der Waals surface area contributed by atoms with Gasteiger partial charge in [0.15, 0.2) is 0 Å². The van der Waals surface area contributed by atoms with Crippen molar-refractivity contribution in [2.45, 2.75) is 27.7 Å². The molecular weight excluding hydrogens is 369 g/mol. The third-order valence-electron chi connectivity index (χ3n) is 3.47. The van der Waals surface area contributed by atoms with Gasteiger partial charge in [0.1, 0.15) is 0 Å². The zero-order valence-electron chi connectivity index (χ0n) is 15.9. The van der Waals surface area contributed by atoms with Gasteiger partial charge >= 0.3 is 6.80 Å². The van der Waals surface area contributed by atoms with Crippen LogP contribution in [-0.4, -0.2) is 90.4 Å². The maximum absolute atomic E-state index is 12.1. The Morgan fingerprint density at radius 2 is 1.28 bits per heavy atom.